The quantitative estimate of drug-likeness (QED) is 0.174. The molecule has 0 spiro atoms. The van der Waals surface area contributed by atoms with Crippen molar-refractivity contribution < 1.29 is 4.90 Å². The zero-order valence-electron chi connectivity index (χ0n) is 34.8. The molecule has 0 radical (unpaired) electrons. The summed E-state index contributed by atoms with van der Waals surface area (Å²) in [5, 5.41) is 12.7. The number of hydrogen-bond donors (Lipinski definition) is 1. The average molecular weight is 807 g/mol. The molecule has 1 aliphatic heterocycles. The molecule has 0 bridgehead atoms. The summed E-state index contributed by atoms with van der Waals surface area (Å²) in [5.41, 5.74) is 18.3. The summed E-state index contributed by atoms with van der Waals surface area (Å²) in [4.78, 5) is 16.1. The lowest BCUT2D eigenvalue weighted by Gasteiger charge is -2.18. The van der Waals surface area contributed by atoms with Gasteiger partial charge >= 0.3 is 0 Å². The predicted molar refractivity (Wildman–Crippen MR) is 256 cm³/mol. The van der Waals surface area contributed by atoms with Gasteiger partial charge in [-0.05, 0) is 106 Å². The normalized spacial score (nSPS) is 12.7. The van der Waals surface area contributed by atoms with Crippen molar-refractivity contribution in [2.45, 2.75) is 13.8 Å². The van der Waals surface area contributed by atoms with Crippen molar-refractivity contribution in [3.63, 3.8) is 0 Å². The molecule has 9 aromatic carbocycles. The fourth-order valence-corrected chi connectivity index (χ4v) is 9.20. The van der Waals surface area contributed by atoms with Crippen LogP contribution in [0, 0.1) is 25.2 Å². The van der Waals surface area contributed by atoms with Crippen molar-refractivity contribution in [3.05, 3.63) is 217 Å². The zero-order valence-corrected chi connectivity index (χ0v) is 34.8. The number of nitrogens with zero attached hydrogens (tertiary/aromatic N) is 4. The maximum atomic E-state index is 10.4. The monoisotopic (exact) mass is 806 g/mol. The summed E-state index contributed by atoms with van der Waals surface area (Å²) in [6.07, 6.45) is 0. The van der Waals surface area contributed by atoms with E-state index in [1.165, 1.54) is 44.2 Å². The number of aryl methyl sites for hydroxylation is 2. The van der Waals surface area contributed by atoms with E-state index < -0.39 is 0 Å². The van der Waals surface area contributed by atoms with E-state index in [0.717, 1.165) is 60.8 Å². The zero-order chi connectivity index (χ0) is 42.4. The van der Waals surface area contributed by atoms with Gasteiger partial charge < -0.3 is 0 Å². The molecule has 1 aliphatic rings. The van der Waals surface area contributed by atoms with Gasteiger partial charge in [0.25, 0.3) is 0 Å². The highest BCUT2D eigenvalue weighted by atomic mass is 15.2. The third-order valence-electron chi connectivity index (χ3n) is 12.2. The van der Waals surface area contributed by atoms with E-state index in [0.29, 0.717) is 23.0 Å². The van der Waals surface area contributed by atoms with Crippen LogP contribution in [0.3, 0.4) is 0 Å². The molecule has 0 amide bonds. The SMILES string of the molecule is Cc1ccc2c(-c3cc(C#N)cc(-c4ccc5c(c4)[NH+](c4ccccc4)c4ccccc4-5)c3)cc(C)c(-c3ccc(-c4nc(-c5ccccc5)nc(-c5ccccc5)n4)cc3)c2c1. The number of fused-ring (bicyclic) bond motifs is 4. The lowest BCUT2D eigenvalue weighted by atomic mass is 9.86. The van der Waals surface area contributed by atoms with Crippen molar-refractivity contribution in [1.29, 1.82) is 5.26 Å². The van der Waals surface area contributed by atoms with Crippen LogP contribution < -0.4 is 4.90 Å². The second-order valence-corrected chi connectivity index (χ2v) is 16.2. The van der Waals surface area contributed by atoms with Gasteiger partial charge in [0.1, 0.15) is 17.1 Å². The smallest absolute Gasteiger partial charge is 0.164 e. The largest absolute Gasteiger partial charge is 0.237 e. The molecule has 1 unspecified atom stereocenters. The molecule has 1 N–H and O–H groups in total. The molecule has 5 heteroatoms. The Balaban J connectivity index is 0.996. The van der Waals surface area contributed by atoms with Gasteiger partial charge in [-0.3, -0.25) is 0 Å². The number of nitrogens with one attached hydrogen (secondary N) is 1. The molecule has 0 saturated heterocycles. The predicted octanol–water partition coefficient (Wildman–Crippen LogP) is 13.7. The minimum Gasteiger partial charge on any atom is -0.237 e. The Bertz CT molecular complexity index is 3350. The molecular formula is C58H40N5+. The topological polar surface area (TPSA) is 66.9 Å². The van der Waals surface area contributed by atoms with E-state index in [4.69, 9.17) is 15.0 Å². The van der Waals surface area contributed by atoms with Gasteiger partial charge in [-0.1, -0.05) is 151 Å². The van der Waals surface area contributed by atoms with Gasteiger partial charge in [0.2, 0.25) is 0 Å². The van der Waals surface area contributed by atoms with Crippen molar-refractivity contribution in [1.82, 2.24) is 15.0 Å². The minimum atomic E-state index is 0.622. The van der Waals surface area contributed by atoms with Gasteiger partial charge in [-0.15, -0.1) is 0 Å². The molecule has 0 fully saturated rings. The molecular weight excluding hydrogens is 767 g/mol. The summed E-state index contributed by atoms with van der Waals surface area (Å²) in [7, 11) is 0. The summed E-state index contributed by atoms with van der Waals surface area (Å²) in [5.74, 6) is 1.89. The standard InChI is InChI=1S/C58H39N5/c1-37-22-28-48-51(46-33-39(36-59)32-45(34-46)44-27-29-50-49-20-12-13-21-53(49)63(54(50)35-44)47-18-10-5-11-19-47)31-38(2)55(52(48)30-37)40-23-25-43(26-24-40)58-61-56(41-14-6-3-7-15-41)60-57(62-58)42-16-8-4-9-17-42/h3-35H,1-2H3/p+1. The van der Waals surface area contributed by atoms with Gasteiger partial charge in [0.15, 0.2) is 17.5 Å². The van der Waals surface area contributed by atoms with Crippen LogP contribution in [0.2, 0.25) is 0 Å². The highest BCUT2D eigenvalue weighted by Crippen LogP contribution is 2.43. The fourth-order valence-electron chi connectivity index (χ4n) is 9.20. The fraction of sp³-hybridized carbons (Fsp3) is 0.0345. The molecule has 2 heterocycles. The lowest BCUT2D eigenvalue weighted by Crippen LogP contribution is -2.95. The van der Waals surface area contributed by atoms with E-state index in [9.17, 15) is 5.26 Å². The maximum absolute atomic E-state index is 10.4. The van der Waals surface area contributed by atoms with Gasteiger partial charge in [-0.25, -0.2) is 19.9 Å². The Morgan fingerprint density at radius 3 is 1.62 bits per heavy atom. The van der Waals surface area contributed by atoms with Gasteiger partial charge in [0, 0.05) is 39.9 Å². The molecule has 296 valence electrons. The maximum Gasteiger partial charge on any atom is 0.164 e. The van der Waals surface area contributed by atoms with Crippen LogP contribution in [-0.4, -0.2) is 15.0 Å². The molecule has 11 rings (SSSR count). The molecule has 0 saturated carbocycles. The summed E-state index contributed by atoms with van der Waals surface area (Å²) < 4.78 is 0. The molecule has 0 aliphatic carbocycles. The Hall–Kier alpha value is -8.30. The molecule has 1 atom stereocenters. The molecule has 63 heavy (non-hydrogen) atoms. The Morgan fingerprint density at radius 1 is 0.397 bits per heavy atom. The van der Waals surface area contributed by atoms with E-state index in [1.807, 2.05) is 72.8 Å². The van der Waals surface area contributed by atoms with Crippen LogP contribution in [0.1, 0.15) is 16.7 Å². The van der Waals surface area contributed by atoms with Crippen LogP contribution in [0.25, 0.3) is 89.4 Å². The third-order valence-corrected chi connectivity index (χ3v) is 12.2. The van der Waals surface area contributed by atoms with E-state index in [2.05, 4.69) is 147 Å². The summed E-state index contributed by atoms with van der Waals surface area (Å²) in [6, 6.07) is 72.5. The van der Waals surface area contributed by atoms with Crippen LogP contribution in [0.5, 0.6) is 0 Å². The number of aromatic nitrogens is 3. The number of benzene rings is 9. The highest BCUT2D eigenvalue weighted by Gasteiger charge is 2.33. The summed E-state index contributed by atoms with van der Waals surface area (Å²) >= 11 is 0. The number of hydrogen-bond acceptors (Lipinski definition) is 4. The van der Waals surface area contributed by atoms with E-state index in [1.54, 1.807) is 0 Å². The van der Waals surface area contributed by atoms with Crippen molar-refractivity contribution >= 4 is 27.8 Å². The number of nitriles is 1. The Kier molecular flexibility index (Phi) is 9.35. The van der Waals surface area contributed by atoms with E-state index in [-0.39, 0.29) is 0 Å². The first-order valence-corrected chi connectivity index (χ1v) is 21.2. The number of para-hydroxylation sites is 2. The van der Waals surface area contributed by atoms with Crippen LogP contribution in [0.15, 0.2) is 200 Å². The average Bonchev–Trinajstić information content (AvgIpc) is 3.68. The number of rotatable bonds is 7. The Labute approximate surface area is 366 Å². The first kappa shape index (κ1) is 37.7. The first-order chi connectivity index (χ1) is 31.0. The van der Waals surface area contributed by atoms with Crippen LogP contribution in [-0.2, 0) is 0 Å². The minimum absolute atomic E-state index is 0.622. The summed E-state index contributed by atoms with van der Waals surface area (Å²) in [6.45, 7) is 4.33. The highest BCUT2D eigenvalue weighted by molar-refractivity contribution is 6.07. The van der Waals surface area contributed by atoms with Crippen molar-refractivity contribution in [3.8, 4) is 84.7 Å². The van der Waals surface area contributed by atoms with Gasteiger partial charge in [-0.2, -0.15) is 5.26 Å². The van der Waals surface area contributed by atoms with Crippen LogP contribution >= 0.6 is 0 Å². The van der Waals surface area contributed by atoms with Crippen molar-refractivity contribution in [2.24, 2.45) is 0 Å². The van der Waals surface area contributed by atoms with E-state index >= 15 is 0 Å². The number of quaternary nitrogens is 1. The second kappa shape index (κ2) is 15.6. The van der Waals surface area contributed by atoms with Gasteiger partial charge in [0.05, 0.1) is 11.6 Å². The lowest BCUT2D eigenvalue weighted by molar-refractivity contribution is -0.677. The molecule has 10 aromatic rings. The Morgan fingerprint density at radius 2 is 0.952 bits per heavy atom. The second-order valence-electron chi connectivity index (χ2n) is 16.2. The third kappa shape index (κ3) is 6.86. The van der Waals surface area contributed by atoms with Crippen LogP contribution in [0.4, 0.5) is 17.1 Å². The van der Waals surface area contributed by atoms with Crippen molar-refractivity contribution in [2.75, 3.05) is 0 Å². The first-order valence-electron chi connectivity index (χ1n) is 21.2. The molecule has 5 nitrogen and oxygen atoms in total. The molecule has 1 aromatic heterocycles.